The summed E-state index contributed by atoms with van der Waals surface area (Å²) in [6, 6.07) is 15.7. The van der Waals surface area contributed by atoms with Crippen molar-refractivity contribution in [1.82, 2.24) is 0 Å². The summed E-state index contributed by atoms with van der Waals surface area (Å²) in [5.41, 5.74) is 1.55. The smallest absolute Gasteiger partial charge is 0.350 e. The molecule has 0 fully saturated rings. The van der Waals surface area contributed by atoms with E-state index in [4.69, 9.17) is 14.2 Å². The molecule has 8 nitrogen and oxygen atoms in total. The van der Waals surface area contributed by atoms with Gasteiger partial charge in [-0.3, -0.25) is 4.79 Å². The van der Waals surface area contributed by atoms with E-state index in [9.17, 15) is 14.4 Å². The molecule has 0 aliphatic carbocycles. The van der Waals surface area contributed by atoms with Crippen molar-refractivity contribution in [3.05, 3.63) is 65.0 Å². The minimum atomic E-state index is -0.518. The molecular weight excluding hydrogens is 446 g/mol. The number of hydrogen-bond acceptors (Lipinski definition) is 8. The molecule has 1 N–H and O–H groups in total. The van der Waals surface area contributed by atoms with Gasteiger partial charge in [0.05, 0.1) is 32.1 Å². The number of ether oxygens (including phenoxy) is 4. The van der Waals surface area contributed by atoms with Gasteiger partial charge < -0.3 is 24.3 Å². The van der Waals surface area contributed by atoms with Crippen LogP contribution in [0.3, 0.4) is 0 Å². The number of benzene rings is 2. The lowest BCUT2D eigenvalue weighted by atomic mass is 10.2. The van der Waals surface area contributed by atoms with Gasteiger partial charge in [-0.1, -0.05) is 30.3 Å². The number of esters is 2. The first-order valence-electron chi connectivity index (χ1n) is 10.0. The highest BCUT2D eigenvalue weighted by atomic mass is 32.1. The van der Waals surface area contributed by atoms with E-state index in [1.807, 2.05) is 30.3 Å². The quantitative estimate of drug-likeness (QED) is 0.464. The van der Waals surface area contributed by atoms with E-state index in [1.54, 1.807) is 13.0 Å². The maximum Gasteiger partial charge on any atom is 0.350 e. The van der Waals surface area contributed by atoms with Crippen molar-refractivity contribution in [2.45, 2.75) is 6.92 Å². The van der Waals surface area contributed by atoms with E-state index in [0.717, 1.165) is 10.4 Å². The molecule has 0 atom stereocenters. The molecule has 1 heterocycles. The number of methoxy groups -OCH3 is 2. The fourth-order valence-electron chi connectivity index (χ4n) is 2.94. The SMILES string of the molecule is CCOC(=O)c1sc(-c2ccccc2)cc1NC(=O)COc1ccc(C(=O)OC)cc1OC. The third-order valence-electron chi connectivity index (χ3n) is 4.47. The molecule has 0 saturated carbocycles. The van der Waals surface area contributed by atoms with Gasteiger partial charge in [-0.15, -0.1) is 11.3 Å². The van der Waals surface area contributed by atoms with Crippen molar-refractivity contribution in [2.75, 3.05) is 32.8 Å². The Kier molecular flexibility index (Phi) is 8.04. The van der Waals surface area contributed by atoms with Gasteiger partial charge in [0.25, 0.3) is 5.91 Å². The number of carbonyl (C=O) groups is 3. The highest BCUT2D eigenvalue weighted by Gasteiger charge is 2.20. The van der Waals surface area contributed by atoms with E-state index >= 15 is 0 Å². The summed E-state index contributed by atoms with van der Waals surface area (Å²) in [5.74, 6) is -0.949. The van der Waals surface area contributed by atoms with E-state index in [1.165, 1.54) is 43.8 Å². The zero-order valence-corrected chi connectivity index (χ0v) is 19.2. The first-order chi connectivity index (χ1) is 16.0. The van der Waals surface area contributed by atoms with Crippen LogP contribution in [0, 0.1) is 0 Å². The van der Waals surface area contributed by atoms with Crippen LogP contribution in [0.5, 0.6) is 11.5 Å². The van der Waals surface area contributed by atoms with Crippen molar-refractivity contribution >= 4 is 34.9 Å². The summed E-state index contributed by atoms with van der Waals surface area (Å²) in [4.78, 5) is 37.8. The van der Waals surface area contributed by atoms with Crippen molar-refractivity contribution in [2.24, 2.45) is 0 Å². The summed E-state index contributed by atoms with van der Waals surface area (Å²) < 4.78 is 20.6. The fourth-order valence-corrected chi connectivity index (χ4v) is 3.95. The molecule has 0 aliphatic heterocycles. The first-order valence-corrected chi connectivity index (χ1v) is 10.8. The zero-order valence-electron chi connectivity index (χ0n) is 18.4. The first kappa shape index (κ1) is 23.8. The molecule has 0 radical (unpaired) electrons. The highest BCUT2D eigenvalue weighted by Crippen LogP contribution is 2.35. The van der Waals surface area contributed by atoms with Crippen LogP contribution in [-0.2, 0) is 14.3 Å². The second-order valence-corrected chi connectivity index (χ2v) is 7.69. The predicted octanol–water partition coefficient (Wildman–Crippen LogP) is 4.40. The minimum absolute atomic E-state index is 0.218. The maximum atomic E-state index is 12.6. The van der Waals surface area contributed by atoms with Gasteiger partial charge in [-0.05, 0) is 36.8 Å². The number of carbonyl (C=O) groups excluding carboxylic acids is 3. The fraction of sp³-hybridized carbons (Fsp3) is 0.208. The van der Waals surface area contributed by atoms with Crippen LogP contribution in [0.4, 0.5) is 5.69 Å². The number of amides is 1. The normalized spacial score (nSPS) is 10.3. The van der Waals surface area contributed by atoms with Crippen molar-refractivity contribution in [3.63, 3.8) is 0 Å². The summed E-state index contributed by atoms with van der Waals surface area (Å²) >= 11 is 1.24. The van der Waals surface area contributed by atoms with Gasteiger partial charge in [-0.2, -0.15) is 0 Å². The minimum Gasteiger partial charge on any atom is -0.493 e. The molecule has 33 heavy (non-hydrogen) atoms. The molecule has 0 saturated heterocycles. The van der Waals surface area contributed by atoms with Gasteiger partial charge in [-0.25, -0.2) is 9.59 Å². The van der Waals surface area contributed by atoms with Crippen LogP contribution < -0.4 is 14.8 Å². The van der Waals surface area contributed by atoms with E-state index in [-0.39, 0.29) is 30.3 Å². The van der Waals surface area contributed by atoms with Crippen molar-refractivity contribution in [1.29, 1.82) is 0 Å². The Labute approximate surface area is 195 Å². The average molecular weight is 470 g/mol. The Hall–Kier alpha value is -3.85. The number of anilines is 1. The molecular formula is C24H23NO7S. The average Bonchev–Trinajstić information content (AvgIpc) is 3.26. The second kappa shape index (κ2) is 11.1. The monoisotopic (exact) mass is 469 g/mol. The molecule has 0 bridgehead atoms. The van der Waals surface area contributed by atoms with Gasteiger partial charge >= 0.3 is 11.9 Å². The molecule has 1 aromatic heterocycles. The largest absolute Gasteiger partial charge is 0.493 e. The van der Waals surface area contributed by atoms with Gasteiger partial charge in [0.1, 0.15) is 4.88 Å². The Morgan fingerprint density at radius 1 is 0.939 bits per heavy atom. The Morgan fingerprint density at radius 3 is 2.36 bits per heavy atom. The highest BCUT2D eigenvalue weighted by molar-refractivity contribution is 7.18. The topological polar surface area (TPSA) is 100 Å². The van der Waals surface area contributed by atoms with Gasteiger partial charge in [0.15, 0.2) is 18.1 Å². The lowest BCUT2D eigenvalue weighted by molar-refractivity contribution is -0.118. The third kappa shape index (κ3) is 5.89. The lowest BCUT2D eigenvalue weighted by Crippen LogP contribution is -2.21. The van der Waals surface area contributed by atoms with Crippen LogP contribution in [-0.4, -0.2) is 45.3 Å². The van der Waals surface area contributed by atoms with Crippen LogP contribution in [0.25, 0.3) is 10.4 Å². The number of thiophene rings is 1. The lowest BCUT2D eigenvalue weighted by Gasteiger charge is -2.12. The summed E-state index contributed by atoms with van der Waals surface area (Å²) in [5, 5.41) is 2.72. The molecule has 9 heteroatoms. The second-order valence-electron chi connectivity index (χ2n) is 6.63. The number of hydrogen-bond donors (Lipinski definition) is 1. The molecule has 172 valence electrons. The molecule has 0 spiro atoms. The van der Waals surface area contributed by atoms with Crippen molar-refractivity contribution < 1.29 is 33.3 Å². The third-order valence-corrected chi connectivity index (χ3v) is 5.63. The van der Waals surface area contributed by atoms with Crippen LogP contribution in [0.1, 0.15) is 27.0 Å². The number of rotatable bonds is 9. The van der Waals surface area contributed by atoms with E-state index in [0.29, 0.717) is 10.6 Å². The Morgan fingerprint density at radius 2 is 1.70 bits per heavy atom. The summed E-state index contributed by atoms with van der Waals surface area (Å²) in [6.45, 7) is 1.59. The standard InChI is InChI=1S/C24H23NO7S/c1-4-31-24(28)22-17(13-20(33-22)15-8-6-5-7-9-15)25-21(26)14-32-18-11-10-16(23(27)30-3)12-19(18)29-2/h5-13H,4,14H2,1-3H3,(H,25,26). The van der Waals surface area contributed by atoms with E-state index in [2.05, 4.69) is 10.1 Å². The molecule has 3 aromatic rings. The van der Waals surface area contributed by atoms with Crippen LogP contribution in [0.2, 0.25) is 0 Å². The molecule has 0 unspecified atom stereocenters. The number of nitrogens with one attached hydrogen (secondary N) is 1. The van der Waals surface area contributed by atoms with Gasteiger partial charge in [0.2, 0.25) is 0 Å². The summed E-state index contributed by atoms with van der Waals surface area (Å²) in [6.07, 6.45) is 0. The maximum absolute atomic E-state index is 12.6. The summed E-state index contributed by atoms with van der Waals surface area (Å²) in [7, 11) is 2.70. The van der Waals surface area contributed by atoms with Gasteiger partial charge in [0, 0.05) is 4.88 Å². The van der Waals surface area contributed by atoms with E-state index < -0.39 is 17.8 Å². The van der Waals surface area contributed by atoms with Crippen molar-refractivity contribution in [3.8, 4) is 21.9 Å². The molecule has 2 aromatic carbocycles. The van der Waals surface area contributed by atoms with Crippen LogP contribution >= 0.6 is 11.3 Å². The molecule has 1 amide bonds. The van der Waals surface area contributed by atoms with Crippen LogP contribution in [0.15, 0.2) is 54.6 Å². The Bertz CT molecular complexity index is 1140. The molecule has 0 aliphatic rings. The predicted molar refractivity (Wildman–Crippen MR) is 124 cm³/mol. The molecule has 3 rings (SSSR count). The Balaban J connectivity index is 1.75. The zero-order chi connectivity index (χ0) is 23.8.